The van der Waals surface area contributed by atoms with E-state index in [4.69, 9.17) is 19.6 Å². The Bertz CT molecular complexity index is 1050. The molecule has 0 amide bonds. The van der Waals surface area contributed by atoms with Gasteiger partial charge < -0.3 is 9.47 Å². The summed E-state index contributed by atoms with van der Waals surface area (Å²) in [6.07, 6.45) is 7.94. The molecule has 7 heteroatoms. The zero-order valence-electron chi connectivity index (χ0n) is 16.0. The molecule has 0 N–H and O–H groups in total. The summed E-state index contributed by atoms with van der Waals surface area (Å²) in [4.78, 5) is 9.72. The Labute approximate surface area is 167 Å². The minimum Gasteiger partial charge on any atom is -0.497 e. The van der Waals surface area contributed by atoms with Crippen LogP contribution < -0.4 is 14.3 Å². The lowest BCUT2D eigenvalue weighted by atomic mass is 10.1. The van der Waals surface area contributed by atoms with Gasteiger partial charge in [0.05, 0.1) is 31.8 Å². The van der Waals surface area contributed by atoms with Crippen LogP contribution >= 0.6 is 11.3 Å². The monoisotopic (exact) mass is 394 g/mol. The predicted molar refractivity (Wildman–Crippen MR) is 112 cm³/mol. The zero-order valence-corrected chi connectivity index (χ0v) is 16.8. The second kappa shape index (κ2) is 8.39. The van der Waals surface area contributed by atoms with Crippen LogP contribution in [0.2, 0.25) is 0 Å². The molecular formula is C21H22N4O2S. The quantitative estimate of drug-likeness (QED) is 0.633. The first-order valence-corrected chi connectivity index (χ1v) is 10.1. The van der Waals surface area contributed by atoms with Gasteiger partial charge in [0.15, 0.2) is 0 Å². The molecule has 1 saturated carbocycles. The van der Waals surface area contributed by atoms with Crippen LogP contribution in [0, 0.1) is 0 Å². The van der Waals surface area contributed by atoms with E-state index in [9.17, 15) is 0 Å². The summed E-state index contributed by atoms with van der Waals surface area (Å²) in [6, 6.07) is 9.59. The number of methoxy groups -OCH3 is 2. The van der Waals surface area contributed by atoms with Crippen molar-refractivity contribution in [2.24, 2.45) is 10.1 Å². The summed E-state index contributed by atoms with van der Waals surface area (Å²) in [5.41, 5.74) is 3.86. The van der Waals surface area contributed by atoms with Gasteiger partial charge in [-0.2, -0.15) is 5.10 Å². The Balaban J connectivity index is 1.91. The number of nitrogens with zero attached hydrogens (tertiary/aromatic N) is 4. The van der Waals surface area contributed by atoms with E-state index in [0.717, 1.165) is 46.1 Å². The van der Waals surface area contributed by atoms with E-state index in [-0.39, 0.29) is 0 Å². The molecule has 4 rings (SSSR count). The Morgan fingerprint density at radius 1 is 1.11 bits per heavy atom. The number of rotatable bonds is 5. The van der Waals surface area contributed by atoms with E-state index in [2.05, 4.69) is 10.4 Å². The fourth-order valence-electron chi connectivity index (χ4n) is 3.23. The lowest BCUT2D eigenvalue weighted by Gasteiger charge is -2.11. The molecule has 28 heavy (non-hydrogen) atoms. The van der Waals surface area contributed by atoms with E-state index in [1.165, 1.54) is 18.6 Å². The van der Waals surface area contributed by atoms with E-state index < -0.39 is 0 Å². The molecule has 1 aliphatic carbocycles. The number of thiazole rings is 1. The maximum atomic E-state index is 5.60. The molecule has 0 atom stereocenters. The highest BCUT2D eigenvalue weighted by Crippen LogP contribution is 2.34. The smallest absolute Gasteiger partial charge is 0.211 e. The van der Waals surface area contributed by atoms with Crippen LogP contribution in [0.1, 0.15) is 25.7 Å². The van der Waals surface area contributed by atoms with Crippen molar-refractivity contribution >= 4 is 22.7 Å². The number of benzene rings is 1. The lowest BCUT2D eigenvalue weighted by molar-refractivity contribution is 0.404. The first-order valence-electron chi connectivity index (χ1n) is 9.23. The van der Waals surface area contributed by atoms with Gasteiger partial charge in [-0.05, 0) is 56.0 Å². The molecular weight excluding hydrogens is 372 g/mol. The molecule has 0 aliphatic heterocycles. The highest BCUT2D eigenvalue weighted by atomic mass is 32.1. The summed E-state index contributed by atoms with van der Waals surface area (Å²) in [6.45, 7) is 0. The third kappa shape index (κ3) is 3.84. The molecule has 0 saturated heterocycles. The Morgan fingerprint density at radius 3 is 2.68 bits per heavy atom. The van der Waals surface area contributed by atoms with Crippen LogP contribution in [0.15, 0.2) is 58.2 Å². The number of aromatic nitrogens is 2. The van der Waals surface area contributed by atoms with E-state index in [1.54, 1.807) is 38.0 Å². The van der Waals surface area contributed by atoms with Gasteiger partial charge in [-0.1, -0.05) is 0 Å². The van der Waals surface area contributed by atoms with Crippen LogP contribution in [0.3, 0.4) is 0 Å². The SMILES string of the molecule is COc1ccc(OC)c(-c2csc(=Nc3cccnc3)n2N=C2CCCC2)c1. The first-order chi connectivity index (χ1) is 13.8. The van der Waals surface area contributed by atoms with Crippen LogP contribution in [0.5, 0.6) is 11.5 Å². The van der Waals surface area contributed by atoms with Crippen molar-refractivity contribution < 1.29 is 9.47 Å². The van der Waals surface area contributed by atoms with Crippen molar-refractivity contribution in [1.29, 1.82) is 0 Å². The van der Waals surface area contributed by atoms with E-state index in [0.29, 0.717) is 0 Å². The summed E-state index contributed by atoms with van der Waals surface area (Å²) in [5.74, 6) is 1.54. The minimum atomic E-state index is 0.770. The molecule has 3 aromatic rings. The van der Waals surface area contributed by atoms with Gasteiger partial charge in [0.2, 0.25) is 4.80 Å². The molecule has 0 radical (unpaired) electrons. The van der Waals surface area contributed by atoms with Crippen LogP contribution in [0.25, 0.3) is 11.3 Å². The minimum absolute atomic E-state index is 0.770. The highest BCUT2D eigenvalue weighted by molar-refractivity contribution is 7.07. The summed E-state index contributed by atoms with van der Waals surface area (Å²) >= 11 is 1.55. The van der Waals surface area contributed by atoms with Crippen LogP contribution in [0.4, 0.5) is 5.69 Å². The van der Waals surface area contributed by atoms with E-state index >= 15 is 0 Å². The normalized spacial score (nSPS) is 14.4. The highest BCUT2D eigenvalue weighted by Gasteiger charge is 2.16. The molecule has 0 bridgehead atoms. The van der Waals surface area contributed by atoms with Gasteiger partial charge in [0, 0.05) is 22.9 Å². The lowest BCUT2D eigenvalue weighted by Crippen LogP contribution is -2.13. The maximum absolute atomic E-state index is 5.60. The summed E-state index contributed by atoms with van der Waals surface area (Å²) in [7, 11) is 3.33. The van der Waals surface area contributed by atoms with Gasteiger partial charge in [-0.25, -0.2) is 9.67 Å². The van der Waals surface area contributed by atoms with Gasteiger partial charge in [-0.3, -0.25) is 4.98 Å². The van der Waals surface area contributed by atoms with E-state index in [1.807, 2.05) is 35.0 Å². The molecule has 144 valence electrons. The van der Waals surface area contributed by atoms with Crippen molar-refractivity contribution in [1.82, 2.24) is 9.66 Å². The number of hydrogen-bond donors (Lipinski definition) is 0. The topological polar surface area (TPSA) is 61.0 Å². The molecule has 0 unspecified atom stereocenters. The fraction of sp³-hybridized carbons (Fsp3) is 0.286. The molecule has 6 nitrogen and oxygen atoms in total. The second-order valence-corrected chi connectivity index (χ2v) is 7.31. The molecule has 2 aromatic heterocycles. The third-order valence-corrected chi connectivity index (χ3v) is 5.48. The van der Waals surface area contributed by atoms with Crippen molar-refractivity contribution in [3.05, 3.63) is 52.9 Å². The van der Waals surface area contributed by atoms with Crippen LogP contribution in [-0.2, 0) is 0 Å². The Morgan fingerprint density at radius 2 is 1.96 bits per heavy atom. The second-order valence-electron chi connectivity index (χ2n) is 6.48. The van der Waals surface area contributed by atoms with Crippen molar-refractivity contribution in [3.8, 4) is 22.8 Å². The average Bonchev–Trinajstić information content (AvgIpc) is 3.39. The average molecular weight is 395 g/mol. The Kier molecular flexibility index (Phi) is 5.53. The fourth-order valence-corrected chi connectivity index (χ4v) is 4.07. The van der Waals surface area contributed by atoms with Gasteiger partial charge >= 0.3 is 0 Å². The van der Waals surface area contributed by atoms with Crippen molar-refractivity contribution in [2.45, 2.75) is 25.7 Å². The predicted octanol–water partition coefficient (Wildman–Crippen LogP) is 4.64. The van der Waals surface area contributed by atoms with Crippen molar-refractivity contribution in [3.63, 3.8) is 0 Å². The van der Waals surface area contributed by atoms with Gasteiger partial charge in [-0.15, -0.1) is 11.3 Å². The zero-order chi connectivity index (χ0) is 19.3. The number of ether oxygens (including phenoxy) is 2. The Hall–Kier alpha value is -2.93. The molecule has 2 heterocycles. The molecule has 1 fully saturated rings. The number of hydrogen-bond acceptors (Lipinski definition) is 6. The summed E-state index contributed by atoms with van der Waals surface area (Å²) < 4.78 is 12.9. The number of pyridine rings is 1. The first kappa shape index (κ1) is 18.4. The van der Waals surface area contributed by atoms with Crippen LogP contribution in [-0.4, -0.2) is 29.6 Å². The molecule has 1 aromatic carbocycles. The third-order valence-electron chi connectivity index (χ3n) is 4.66. The standard InChI is InChI=1S/C21H22N4O2S/c1-26-17-9-10-20(27-2)18(12-17)19-14-28-21(23-16-8-5-11-22-13-16)25(19)24-15-6-3-4-7-15/h5,8-14H,3-4,6-7H2,1-2H3. The van der Waals surface area contributed by atoms with Gasteiger partial charge in [0.25, 0.3) is 0 Å². The molecule has 0 spiro atoms. The molecule has 1 aliphatic rings. The van der Waals surface area contributed by atoms with Crippen molar-refractivity contribution in [2.75, 3.05) is 14.2 Å². The van der Waals surface area contributed by atoms with Gasteiger partial charge in [0.1, 0.15) is 11.5 Å². The maximum Gasteiger partial charge on any atom is 0.211 e. The summed E-state index contributed by atoms with van der Waals surface area (Å²) in [5, 5.41) is 7.02. The largest absolute Gasteiger partial charge is 0.497 e.